The molecule has 0 atom stereocenters. The fourth-order valence-corrected chi connectivity index (χ4v) is 1.64. The zero-order valence-electron chi connectivity index (χ0n) is 9.82. The molecule has 1 aromatic heterocycles. The first-order valence-corrected chi connectivity index (χ1v) is 5.88. The largest absolute Gasteiger partial charge is 0.173 e. The van der Waals surface area contributed by atoms with Gasteiger partial charge in [0.1, 0.15) is 11.4 Å². The molecule has 2 nitrogen and oxygen atoms in total. The summed E-state index contributed by atoms with van der Waals surface area (Å²) < 4.78 is 8.46. The van der Waals surface area contributed by atoms with Crippen LogP contribution in [0.5, 0.6) is 0 Å². The minimum atomic E-state index is 0.334. The topological polar surface area (TPSA) is 25.8 Å². The van der Waals surface area contributed by atoms with E-state index in [0.717, 1.165) is 17.8 Å². The summed E-state index contributed by atoms with van der Waals surface area (Å²) in [4.78, 5) is 0. The van der Waals surface area contributed by atoms with Gasteiger partial charge in [0.25, 0.3) is 0 Å². The Balaban J connectivity index is 2.68. The van der Waals surface area contributed by atoms with Crippen LogP contribution in [0.25, 0.3) is 12.2 Å². The second-order valence-electron chi connectivity index (χ2n) is 4.70. The average Bonchev–Trinajstić information content (AvgIpc) is 2.51. The summed E-state index contributed by atoms with van der Waals surface area (Å²) in [6.07, 6.45) is 9.26. The Morgan fingerprint density at radius 2 is 1.73 bits per heavy atom. The normalized spacial score (nSPS) is 13.1. The molecule has 0 amide bonds. The molecule has 0 fully saturated rings. The first kappa shape index (κ1) is 12.1. The Hall–Kier alpha value is -0.960. The zero-order chi connectivity index (χ0) is 11.3. The summed E-state index contributed by atoms with van der Waals surface area (Å²) in [5.41, 5.74) is 2.27. The third-order valence-corrected chi connectivity index (χ3v) is 2.43. The van der Waals surface area contributed by atoms with Crippen LogP contribution in [0.2, 0.25) is 0 Å². The molecule has 0 unspecified atom stereocenters. The summed E-state index contributed by atoms with van der Waals surface area (Å²) in [7, 11) is 0. The maximum atomic E-state index is 4.25. The molecule has 0 bridgehead atoms. The molecule has 0 radical (unpaired) electrons. The van der Waals surface area contributed by atoms with Crippen LogP contribution in [0.15, 0.2) is 12.2 Å². The van der Waals surface area contributed by atoms with Crippen LogP contribution in [-0.4, -0.2) is 8.75 Å². The van der Waals surface area contributed by atoms with Gasteiger partial charge in [-0.2, -0.15) is 8.75 Å². The van der Waals surface area contributed by atoms with E-state index in [4.69, 9.17) is 0 Å². The van der Waals surface area contributed by atoms with Crippen LogP contribution in [0, 0.1) is 5.41 Å². The molecular formula is C12H18N2S. The summed E-state index contributed by atoms with van der Waals surface area (Å²) in [6, 6.07) is 0. The van der Waals surface area contributed by atoms with Gasteiger partial charge in [-0.3, -0.25) is 0 Å². The van der Waals surface area contributed by atoms with E-state index in [-0.39, 0.29) is 0 Å². The quantitative estimate of drug-likeness (QED) is 0.772. The van der Waals surface area contributed by atoms with Crippen LogP contribution in [0.3, 0.4) is 0 Å². The van der Waals surface area contributed by atoms with Gasteiger partial charge in [-0.25, -0.2) is 0 Å². The van der Waals surface area contributed by atoms with E-state index in [1.165, 1.54) is 11.7 Å². The Kier molecular flexibility index (Phi) is 4.21. The number of rotatable bonds is 3. The second kappa shape index (κ2) is 5.21. The third-order valence-electron chi connectivity index (χ3n) is 1.87. The fraction of sp³-hybridized carbons (Fsp3) is 0.500. The summed E-state index contributed by atoms with van der Waals surface area (Å²) in [6.45, 7) is 8.67. The molecule has 82 valence electrons. The first-order chi connectivity index (χ1) is 7.03. The maximum absolute atomic E-state index is 4.25. The molecule has 0 saturated carbocycles. The highest BCUT2D eigenvalue weighted by atomic mass is 32.1. The van der Waals surface area contributed by atoms with Crippen molar-refractivity contribution in [2.45, 2.75) is 34.1 Å². The summed E-state index contributed by atoms with van der Waals surface area (Å²) in [5, 5.41) is 0. The number of hydrogen-bond donors (Lipinski definition) is 0. The van der Waals surface area contributed by atoms with Crippen molar-refractivity contribution in [1.82, 2.24) is 8.75 Å². The molecule has 15 heavy (non-hydrogen) atoms. The van der Waals surface area contributed by atoms with Crippen molar-refractivity contribution in [3.05, 3.63) is 23.5 Å². The highest BCUT2D eigenvalue weighted by Crippen LogP contribution is 2.20. The van der Waals surface area contributed by atoms with E-state index in [1.54, 1.807) is 0 Å². The van der Waals surface area contributed by atoms with E-state index in [1.807, 2.05) is 19.1 Å². The number of nitrogens with zero attached hydrogens (tertiary/aromatic N) is 2. The van der Waals surface area contributed by atoms with Crippen molar-refractivity contribution >= 4 is 23.9 Å². The van der Waals surface area contributed by atoms with Gasteiger partial charge in [0.15, 0.2) is 0 Å². The molecule has 0 aliphatic heterocycles. The minimum Gasteiger partial charge on any atom is -0.173 e. The first-order valence-electron chi connectivity index (χ1n) is 5.15. The highest BCUT2D eigenvalue weighted by Gasteiger charge is 2.07. The van der Waals surface area contributed by atoms with Gasteiger partial charge in [-0.05, 0) is 30.9 Å². The average molecular weight is 222 g/mol. The van der Waals surface area contributed by atoms with Crippen molar-refractivity contribution in [3.63, 3.8) is 0 Å². The van der Waals surface area contributed by atoms with Crippen LogP contribution in [-0.2, 0) is 0 Å². The predicted molar refractivity (Wildman–Crippen MR) is 67.7 cm³/mol. The van der Waals surface area contributed by atoms with Gasteiger partial charge < -0.3 is 0 Å². The van der Waals surface area contributed by atoms with Crippen molar-refractivity contribution in [1.29, 1.82) is 0 Å². The molecule has 3 heteroatoms. The van der Waals surface area contributed by atoms with E-state index in [0.29, 0.717) is 5.41 Å². The Labute approximate surface area is 96.1 Å². The van der Waals surface area contributed by atoms with E-state index in [2.05, 4.69) is 41.7 Å². The Morgan fingerprint density at radius 1 is 1.13 bits per heavy atom. The molecule has 0 aliphatic carbocycles. The predicted octanol–water partition coefficient (Wildman–Crippen LogP) is 4.02. The SMILES string of the molecule is C/C=C\c1nsnc1/C=C\CC(C)(C)C. The van der Waals surface area contributed by atoms with Gasteiger partial charge >= 0.3 is 0 Å². The van der Waals surface area contributed by atoms with Gasteiger partial charge in [0, 0.05) is 0 Å². The van der Waals surface area contributed by atoms with Crippen molar-refractivity contribution in [3.8, 4) is 0 Å². The van der Waals surface area contributed by atoms with Crippen LogP contribution < -0.4 is 0 Å². The number of hydrogen-bond acceptors (Lipinski definition) is 3. The lowest BCUT2D eigenvalue weighted by molar-refractivity contribution is 0.421. The fourth-order valence-electron chi connectivity index (χ4n) is 1.12. The highest BCUT2D eigenvalue weighted by molar-refractivity contribution is 6.99. The molecular weight excluding hydrogens is 204 g/mol. The van der Waals surface area contributed by atoms with Gasteiger partial charge in [0.2, 0.25) is 0 Å². The van der Waals surface area contributed by atoms with Gasteiger partial charge in [-0.15, -0.1) is 0 Å². The summed E-state index contributed by atoms with van der Waals surface area (Å²) in [5.74, 6) is 0. The van der Waals surface area contributed by atoms with E-state index in [9.17, 15) is 0 Å². The van der Waals surface area contributed by atoms with E-state index < -0.39 is 0 Å². The Bertz CT molecular complexity index is 356. The number of allylic oxidation sites excluding steroid dienone is 2. The standard InChI is InChI=1S/C12H18N2S/c1-5-7-10-11(14-15-13-10)8-6-9-12(2,3)4/h5-8H,9H2,1-4H3/b7-5-,8-6-. The number of aromatic nitrogens is 2. The van der Waals surface area contributed by atoms with Crippen molar-refractivity contribution < 1.29 is 0 Å². The summed E-state index contributed by atoms with van der Waals surface area (Å²) >= 11 is 1.26. The lowest BCUT2D eigenvalue weighted by atomic mass is 9.92. The smallest absolute Gasteiger partial charge is 0.104 e. The lowest BCUT2D eigenvalue weighted by Crippen LogP contribution is -2.01. The van der Waals surface area contributed by atoms with Crippen LogP contribution >= 0.6 is 11.7 Å². The Morgan fingerprint density at radius 3 is 2.27 bits per heavy atom. The molecule has 0 saturated heterocycles. The molecule has 1 heterocycles. The molecule has 0 aliphatic rings. The minimum absolute atomic E-state index is 0.334. The van der Waals surface area contributed by atoms with Crippen LogP contribution in [0.1, 0.15) is 45.5 Å². The lowest BCUT2D eigenvalue weighted by Gasteiger charge is -2.14. The molecule has 0 spiro atoms. The molecule has 1 rings (SSSR count). The molecule has 0 N–H and O–H groups in total. The van der Waals surface area contributed by atoms with Crippen molar-refractivity contribution in [2.24, 2.45) is 5.41 Å². The molecule has 0 aromatic carbocycles. The zero-order valence-corrected chi connectivity index (χ0v) is 10.6. The van der Waals surface area contributed by atoms with Gasteiger partial charge in [0.05, 0.1) is 11.7 Å². The van der Waals surface area contributed by atoms with Crippen LogP contribution in [0.4, 0.5) is 0 Å². The maximum Gasteiger partial charge on any atom is 0.104 e. The molecule has 1 aromatic rings. The monoisotopic (exact) mass is 222 g/mol. The third kappa shape index (κ3) is 4.38. The van der Waals surface area contributed by atoms with E-state index >= 15 is 0 Å². The van der Waals surface area contributed by atoms with Gasteiger partial charge in [-0.1, -0.05) is 32.9 Å². The van der Waals surface area contributed by atoms with Crippen molar-refractivity contribution in [2.75, 3.05) is 0 Å². The second-order valence-corrected chi connectivity index (χ2v) is 5.23.